The highest BCUT2D eigenvalue weighted by atomic mass is 14.9. The molecule has 0 spiro atoms. The molecule has 0 aliphatic rings. The Bertz CT molecular complexity index is 182. The molecule has 1 atom stereocenters. The van der Waals surface area contributed by atoms with E-state index in [1.807, 2.05) is 20.2 Å². The lowest BCUT2D eigenvalue weighted by molar-refractivity contribution is 0.545. The lowest BCUT2D eigenvalue weighted by Crippen LogP contribution is -2.19. The Morgan fingerprint density at radius 2 is 2.06 bits per heavy atom. The van der Waals surface area contributed by atoms with Crippen molar-refractivity contribution in [1.29, 1.82) is 0 Å². The van der Waals surface area contributed by atoms with E-state index in [9.17, 15) is 0 Å². The number of aliphatic imine (C=N–C) groups is 1. The second-order valence-electron chi connectivity index (χ2n) is 3.87. The van der Waals surface area contributed by atoms with Crippen molar-refractivity contribution in [2.75, 3.05) is 33.2 Å². The van der Waals surface area contributed by atoms with E-state index in [0.717, 1.165) is 26.2 Å². The second kappa shape index (κ2) is 12.4. The van der Waals surface area contributed by atoms with Gasteiger partial charge in [0.25, 0.3) is 0 Å². The van der Waals surface area contributed by atoms with Crippen molar-refractivity contribution < 1.29 is 0 Å². The van der Waals surface area contributed by atoms with Crippen LogP contribution in [0.1, 0.15) is 26.7 Å². The number of hydrogen-bond acceptors (Lipinski definition) is 3. The highest BCUT2D eigenvalue weighted by molar-refractivity contribution is 5.59. The molecule has 0 aromatic carbocycles. The van der Waals surface area contributed by atoms with Crippen LogP contribution in [-0.2, 0) is 0 Å². The third-order valence-electron chi connectivity index (χ3n) is 2.34. The minimum atomic E-state index is 0.668. The van der Waals surface area contributed by atoms with Crippen LogP contribution < -0.4 is 10.6 Å². The molecule has 3 heteroatoms. The molecule has 94 valence electrons. The summed E-state index contributed by atoms with van der Waals surface area (Å²) in [5.41, 5.74) is 0. The van der Waals surface area contributed by atoms with E-state index >= 15 is 0 Å². The summed E-state index contributed by atoms with van der Waals surface area (Å²) in [5, 5.41) is 6.53. The van der Waals surface area contributed by atoms with E-state index in [4.69, 9.17) is 0 Å². The first-order valence-corrected chi connectivity index (χ1v) is 6.35. The molecule has 0 aromatic heterocycles. The molecule has 0 aliphatic heterocycles. The third kappa shape index (κ3) is 9.87. The first-order chi connectivity index (χ1) is 7.85. The minimum Gasteiger partial charge on any atom is -0.319 e. The van der Waals surface area contributed by atoms with Gasteiger partial charge in [-0.3, -0.25) is 4.99 Å². The first-order valence-electron chi connectivity index (χ1n) is 6.35. The van der Waals surface area contributed by atoms with Gasteiger partial charge in [0.15, 0.2) is 0 Å². The van der Waals surface area contributed by atoms with Crippen LogP contribution in [0, 0.1) is 5.92 Å². The average molecular weight is 225 g/mol. The van der Waals surface area contributed by atoms with E-state index < -0.39 is 0 Å². The number of rotatable bonds is 10. The predicted octanol–water partition coefficient (Wildman–Crippen LogP) is 1.86. The van der Waals surface area contributed by atoms with Gasteiger partial charge in [-0.2, -0.15) is 0 Å². The monoisotopic (exact) mass is 225 g/mol. The van der Waals surface area contributed by atoms with Crippen molar-refractivity contribution in [1.82, 2.24) is 10.6 Å². The summed E-state index contributed by atoms with van der Waals surface area (Å²) in [7, 11) is 2.01. The maximum Gasteiger partial charge on any atom is 0.0357 e. The fourth-order valence-corrected chi connectivity index (χ4v) is 1.58. The molecule has 0 rings (SSSR count). The molecule has 1 unspecified atom stereocenters. The minimum absolute atomic E-state index is 0.668. The molecule has 0 heterocycles. The van der Waals surface area contributed by atoms with Gasteiger partial charge in [-0.15, -0.1) is 0 Å². The fourth-order valence-electron chi connectivity index (χ4n) is 1.58. The number of nitrogens with zero attached hydrogens (tertiary/aromatic N) is 1. The Balaban J connectivity index is 3.57. The molecule has 0 bridgehead atoms. The molecule has 0 saturated carbocycles. The average Bonchev–Trinajstić information content (AvgIpc) is 2.28. The molecule has 0 amide bonds. The van der Waals surface area contributed by atoms with Gasteiger partial charge in [-0.1, -0.05) is 25.5 Å². The van der Waals surface area contributed by atoms with E-state index in [1.165, 1.54) is 12.8 Å². The summed E-state index contributed by atoms with van der Waals surface area (Å²) in [6, 6.07) is 0. The van der Waals surface area contributed by atoms with Gasteiger partial charge >= 0.3 is 0 Å². The van der Waals surface area contributed by atoms with E-state index in [0.29, 0.717) is 5.92 Å². The van der Waals surface area contributed by atoms with Gasteiger partial charge in [0.2, 0.25) is 0 Å². The zero-order valence-corrected chi connectivity index (χ0v) is 11.0. The molecule has 2 N–H and O–H groups in total. The van der Waals surface area contributed by atoms with Crippen LogP contribution in [0.3, 0.4) is 0 Å². The summed E-state index contributed by atoms with van der Waals surface area (Å²) in [5.74, 6) is 0.668. The van der Waals surface area contributed by atoms with Crippen molar-refractivity contribution in [3.05, 3.63) is 12.2 Å². The third-order valence-corrected chi connectivity index (χ3v) is 2.34. The molecule has 3 nitrogen and oxygen atoms in total. The molecule has 0 aromatic rings. The zero-order valence-electron chi connectivity index (χ0n) is 11.0. The maximum atomic E-state index is 4.14. The molecule has 16 heavy (non-hydrogen) atoms. The van der Waals surface area contributed by atoms with Crippen LogP contribution in [0.25, 0.3) is 0 Å². The highest BCUT2D eigenvalue weighted by Gasteiger charge is 2.00. The zero-order chi connectivity index (χ0) is 12.1. The Morgan fingerprint density at radius 1 is 1.25 bits per heavy atom. The summed E-state index contributed by atoms with van der Waals surface area (Å²) in [6.07, 6.45) is 8.97. The van der Waals surface area contributed by atoms with E-state index in [1.54, 1.807) is 0 Å². The van der Waals surface area contributed by atoms with Gasteiger partial charge in [-0.05, 0) is 26.3 Å². The number of nitrogens with one attached hydrogen (secondary N) is 2. The second-order valence-corrected chi connectivity index (χ2v) is 3.87. The van der Waals surface area contributed by atoms with Crippen LogP contribution in [0.5, 0.6) is 0 Å². The molecule has 0 saturated heterocycles. The molecule has 0 fully saturated rings. The molecular formula is C13H27N3. The first kappa shape index (κ1) is 15.3. The summed E-state index contributed by atoms with van der Waals surface area (Å²) >= 11 is 0. The van der Waals surface area contributed by atoms with Crippen molar-refractivity contribution in [3.63, 3.8) is 0 Å². The van der Waals surface area contributed by atoms with Crippen LogP contribution in [0.4, 0.5) is 0 Å². The van der Waals surface area contributed by atoms with Crippen LogP contribution in [0.15, 0.2) is 17.1 Å². The molecular weight excluding hydrogens is 198 g/mol. The van der Waals surface area contributed by atoms with Crippen LogP contribution in [0.2, 0.25) is 0 Å². The summed E-state index contributed by atoms with van der Waals surface area (Å²) in [4.78, 5) is 4.14. The topological polar surface area (TPSA) is 36.4 Å². The largest absolute Gasteiger partial charge is 0.319 e. The van der Waals surface area contributed by atoms with Gasteiger partial charge in [0, 0.05) is 32.4 Å². The molecule has 0 radical (unpaired) electrons. The summed E-state index contributed by atoms with van der Waals surface area (Å²) in [6.45, 7) is 8.02. The van der Waals surface area contributed by atoms with Gasteiger partial charge in [0.1, 0.15) is 0 Å². The van der Waals surface area contributed by atoms with Crippen molar-refractivity contribution in [3.8, 4) is 0 Å². The Hall–Kier alpha value is -0.670. The highest BCUT2D eigenvalue weighted by Crippen LogP contribution is 2.06. The Morgan fingerprint density at radius 3 is 2.69 bits per heavy atom. The van der Waals surface area contributed by atoms with Crippen molar-refractivity contribution >= 4 is 6.21 Å². The van der Waals surface area contributed by atoms with Crippen LogP contribution in [-0.4, -0.2) is 39.4 Å². The van der Waals surface area contributed by atoms with E-state index in [2.05, 4.69) is 34.7 Å². The Labute approximate surface area is 100 Å². The molecule has 0 aliphatic carbocycles. The normalized spacial score (nSPS) is 13.9. The maximum absolute atomic E-state index is 4.14. The smallest absolute Gasteiger partial charge is 0.0357 e. The SMILES string of the molecule is CCCC(/C=C/CNCC=NCC)CNC. The predicted molar refractivity (Wildman–Crippen MR) is 73.4 cm³/mol. The van der Waals surface area contributed by atoms with E-state index in [-0.39, 0.29) is 0 Å². The van der Waals surface area contributed by atoms with Crippen molar-refractivity contribution in [2.24, 2.45) is 10.9 Å². The van der Waals surface area contributed by atoms with Gasteiger partial charge in [0.05, 0.1) is 0 Å². The van der Waals surface area contributed by atoms with Crippen LogP contribution >= 0.6 is 0 Å². The number of hydrogen-bond donors (Lipinski definition) is 2. The van der Waals surface area contributed by atoms with Crippen molar-refractivity contribution in [2.45, 2.75) is 26.7 Å². The lowest BCUT2D eigenvalue weighted by atomic mass is 10.0. The van der Waals surface area contributed by atoms with Gasteiger partial charge in [-0.25, -0.2) is 0 Å². The fraction of sp³-hybridized carbons (Fsp3) is 0.769. The Kier molecular flexibility index (Phi) is 11.9. The summed E-state index contributed by atoms with van der Waals surface area (Å²) < 4.78 is 0. The quantitative estimate of drug-likeness (QED) is 0.338. The standard InChI is InChI=1S/C13H27N3/c1-4-7-13(12-14-3)8-6-9-16-11-10-15-5-2/h6,8,10,13-14,16H,4-5,7,9,11-12H2,1-3H3/b8-6+,15-10?. The lowest BCUT2D eigenvalue weighted by Gasteiger charge is -2.10. The van der Waals surface area contributed by atoms with Gasteiger partial charge < -0.3 is 10.6 Å².